The molecule has 0 amide bonds. The summed E-state index contributed by atoms with van der Waals surface area (Å²) < 4.78 is 294. The van der Waals surface area contributed by atoms with E-state index in [1.165, 1.54) is 44.2 Å². The van der Waals surface area contributed by atoms with E-state index in [1.54, 1.807) is 0 Å². The first-order chi connectivity index (χ1) is 37.3. The molecule has 3 aliphatic rings. The number of anilines is 1. The molecule has 422 valence electrons. The lowest BCUT2D eigenvalue weighted by Gasteiger charge is -2.44. The first-order valence-electron chi connectivity index (χ1n) is 23.8. The van der Waals surface area contributed by atoms with Gasteiger partial charge >= 0.3 is 0 Å². The number of allylic oxidation sites excluding steroid dienone is 7. The molecule has 0 fully saturated rings. The van der Waals surface area contributed by atoms with Crippen molar-refractivity contribution in [1.29, 1.82) is 0 Å². The van der Waals surface area contributed by atoms with Crippen LogP contribution in [0.2, 0.25) is 0 Å². The highest BCUT2D eigenvalue weighted by molar-refractivity contribution is 7.20. The maximum atomic E-state index is 15.4. The minimum atomic E-state index is -7.22. The van der Waals surface area contributed by atoms with Crippen LogP contribution in [0.15, 0.2) is 94.7 Å². The number of quaternary nitrogens is 1. The summed E-state index contributed by atoms with van der Waals surface area (Å²) in [6.07, 6.45) is 5.26. The van der Waals surface area contributed by atoms with Crippen LogP contribution in [-0.2, 0) is 10.8 Å². The number of hydrogen-bond donors (Lipinski definition) is 1. The highest BCUT2D eigenvalue weighted by Gasteiger charge is 2.53. The Kier molecular flexibility index (Phi) is 15.6. The van der Waals surface area contributed by atoms with Crippen LogP contribution in [0.3, 0.4) is 0 Å². The van der Waals surface area contributed by atoms with Crippen molar-refractivity contribution in [2.24, 2.45) is 0 Å². The van der Waals surface area contributed by atoms with Crippen molar-refractivity contribution in [2.45, 2.75) is 63.8 Å². The first-order valence-corrected chi connectivity index (χ1v) is 24.2. The van der Waals surface area contributed by atoms with Gasteiger partial charge in [0.2, 0.25) is 0 Å². The molecule has 9 rings (SSSR count). The second-order valence-corrected chi connectivity index (χ2v) is 20.6. The third kappa shape index (κ3) is 8.78. The molecule has 0 saturated carbocycles. The molecule has 0 radical (unpaired) electrons. The van der Waals surface area contributed by atoms with Gasteiger partial charge in [0.25, 0.3) is 0 Å². The van der Waals surface area contributed by atoms with Crippen LogP contribution in [0.4, 0.5) is 99.2 Å². The van der Waals surface area contributed by atoms with Gasteiger partial charge in [-0.2, -0.15) is 0 Å². The number of hydrogen-bond acceptors (Lipinski definition) is 1. The van der Waals surface area contributed by atoms with Crippen molar-refractivity contribution >= 4 is 51.0 Å². The summed E-state index contributed by atoms with van der Waals surface area (Å²) in [5.74, 6) is -71.4. The number of fused-ring (bicyclic) bond motifs is 2. The lowest BCUT2D eigenvalue weighted by atomic mass is 9.12. The van der Waals surface area contributed by atoms with Gasteiger partial charge in [0, 0.05) is 34.4 Å². The fourth-order valence-electron chi connectivity index (χ4n) is 11.4. The molecule has 6 aromatic carbocycles. The predicted octanol–water partition coefficient (Wildman–Crippen LogP) is 12.8. The Balaban J connectivity index is 0.000000216. The zero-order valence-corrected chi connectivity index (χ0v) is 42.8. The fraction of sp³-hybridized carbons (Fsp3) is 0.214. The van der Waals surface area contributed by atoms with Crippen LogP contribution in [0.1, 0.15) is 58.1 Å². The molecule has 80 heavy (non-hydrogen) atoms. The number of likely N-dealkylation sites (N-methyl/N-ethyl adjacent to an activating group) is 2. The van der Waals surface area contributed by atoms with Gasteiger partial charge in [0.15, 0.2) is 69.8 Å². The molecular formula is C56H38BClF20N2. The fourth-order valence-corrected chi connectivity index (χ4v) is 11.7. The number of nitrogens with zero attached hydrogens (tertiary/aromatic N) is 1. The molecule has 0 saturated heterocycles. The van der Waals surface area contributed by atoms with E-state index in [0.29, 0.717) is 6.04 Å². The second kappa shape index (κ2) is 21.1. The van der Waals surface area contributed by atoms with Gasteiger partial charge in [0.1, 0.15) is 64.4 Å². The van der Waals surface area contributed by atoms with Gasteiger partial charge in [-0.3, -0.25) is 4.90 Å². The van der Waals surface area contributed by atoms with Crippen LogP contribution < -0.4 is 31.7 Å². The number of rotatable bonds is 7. The quantitative estimate of drug-likeness (QED) is 0.0724. The largest absolute Gasteiger partial charge is 0.347 e. The Morgan fingerprint density at radius 2 is 0.838 bits per heavy atom. The number of para-hydroxylation sites is 2. The maximum Gasteiger partial charge on any atom is 0.200 e. The lowest BCUT2D eigenvalue weighted by Crippen LogP contribution is -3.07. The summed E-state index contributed by atoms with van der Waals surface area (Å²) in [5, 5.41) is 0.936. The Labute approximate surface area is 447 Å². The van der Waals surface area contributed by atoms with E-state index in [2.05, 4.69) is 120 Å². The van der Waals surface area contributed by atoms with Crippen LogP contribution in [0, 0.1) is 116 Å². The zero-order chi connectivity index (χ0) is 59.3. The van der Waals surface area contributed by atoms with Gasteiger partial charge in [0.05, 0.1) is 12.5 Å². The summed E-state index contributed by atoms with van der Waals surface area (Å²) in [6, 6.07) is 18.0. The van der Waals surface area contributed by atoms with Crippen molar-refractivity contribution in [3.05, 3.63) is 222 Å². The van der Waals surface area contributed by atoms with Crippen molar-refractivity contribution in [2.75, 3.05) is 19.0 Å². The molecule has 2 heterocycles. The number of halogens is 21. The minimum Gasteiger partial charge on any atom is -0.347 e. The first kappa shape index (κ1) is 59.1. The minimum absolute atomic E-state index is 0.0214. The molecule has 6 aromatic rings. The molecule has 2 atom stereocenters. The third-order valence-electron chi connectivity index (χ3n) is 15.3. The normalized spacial score (nSPS) is 18.7. The van der Waals surface area contributed by atoms with Crippen molar-refractivity contribution in [3.8, 4) is 0 Å². The standard InChI is InChI=1S/C32H37ClN2.C24BF20/c1-31(2)24-14-7-9-16-26(24)34(5)28(31)20-18-22-12-11-13-23(30(22)33)19-21-29-32(3,4)25-15-8-10-17-27(25)35(29)6;26-5-1(6(27)14(35)21(42)13(5)34)25(2-7(28)15(36)22(43)16(37)8(2)29,3-9(30)17(38)23(44)18(39)10(3)31)4-11(32)19(40)24(45)20(41)12(4)33/h7-10,14-21,28H,11-13H2,1-6H3;/q;-1/p+1. The monoisotopic (exact) mass is 1160 g/mol. The van der Waals surface area contributed by atoms with Crippen LogP contribution in [0.25, 0.3) is 0 Å². The van der Waals surface area contributed by atoms with E-state index in [0.717, 1.165) is 24.3 Å². The van der Waals surface area contributed by atoms with Crippen molar-refractivity contribution in [1.82, 2.24) is 0 Å². The topological polar surface area (TPSA) is 7.68 Å². The summed E-state index contributed by atoms with van der Waals surface area (Å²) >= 11 is 7.02. The van der Waals surface area contributed by atoms with Crippen LogP contribution >= 0.6 is 11.6 Å². The molecule has 1 N–H and O–H groups in total. The Bertz CT molecular complexity index is 3340. The maximum absolute atomic E-state index is 15.4. The van der Waals surface area contributed by atoms with E-state index in [9.17, 15) is 52.7 Å². The third-order valence-corrected chi connectivity index (χ3v) is 15.8. The van der Waals surface area contributed by atoms with Crippen molar-refractivity contribution < 1.29 is 92.7 Å². The molecule has 0 aromatic heterocycles. The Morgan fingerprint density at radius 1 is 0.487 bits per heavy atom. The highest BCUT2D eigenvalue weighted by Crippen LogP contribution is 2.47. The molecule has 2 nitrogen and oxygen atoms in total. The van der Waals surface area contributed by atoms with Gasteiger partial charge in [-0.1, -0.05) is 74.0 Å². The zero-order valence-electron chi connectivity index (χ0n) is 42.1. The van der Waals surface area contributed by atoms with E-state index >= 15 is 35.1 Å². The second-order valence-electron chi connectivity index (χ2n) is 20.2. The average Bonchev–Trinajstić information content (AvgIpc) is 2.55. The molecule has 2 aliphatic heterocycles. The molecule has 1 aliphatic carbocycles. The lowest BCUT2D eigenvalue weighted by molar-refractivity contribution is -0.828. The SMILES string of the molecule is CN1C(=CC=C2CCCC(C=CC3[NH+](C)c4ccccc4C3(C)C)=C2Cl)C(C)(C)c2ccccc21.Fc1c(F)c(F)c([B-](c2c(F)c(F)c(F)c(F)c2F)(c2c(F)c(F)c(F)c(F)c2F)c2c(F)c(F)c(F)c(F)c2F)c(F)c1F. The smallest absolute Gasteiger partial charge is 0.200 e. The average molecular weight is 1170 g/mol. The van der Waals surface area contributed by atoms with E-state index in [-0.39, 0.29) is 10.8 Å². The van der Waals surface area contributed by atoms with Gasteiger partial charge < -0.3 is 4.90 Å². The number of nitrogens with one attached hydrogen (secondary N) is 1. The van der Waals surface area contributed by atoms with E-state index in [4.69, 9.17) is 11.6 Å². The molecule has 2 unspecified atom stereocenters. The summed E-state index contributed by atoms with van der Waals surface area (Å²) in [6.45, 7) is 9.35. The Morgan fingerprint density at radius 3 is 1.21 bits per heavy atom. The van der Waals surface area contributed by atoms with Crippen LogP contribution in [-0.4, -0.2) is 26.3 Å². The molecule has 0 bridgehead atoms. The highest BCUT2D eigenvalue weighted by atomic mass is 35.5. The van der Waals surface area contributed by atoms with Gasteiger partial charge in [-0.05, 0) is 74.1 Å². The predicted molar refractivity (Wildman–Crippen MR) is 259 cm³/mol. The summed E-state index contributed by atoms with van der Waals surface area (Å²) in [4.78, 5) is 3.78. The van der Waals surface area contributed by atoms with Crippen molar-refractivity contribution in [3.63, 3.8) is 0 Å². The number of benzene rings is 6. The molecule has 24 heteroatoms. The Hall–Kier alpha value is -7.01. The van der Waals surface area contributed by atoms with Gasteiger partial charge in [-0.25, -0.2) is 87.8 Å². The summed E-state index contributed by atoms with van der Waals surface area (Å²) in [5.41, 5.74) is -4.89. The van der Waals surface area contributed by atoms with Gasteiger partial charge in [-0.15, -0.1) is 21.9 Å². The van der Waals surface area contributed by atoms with E-state index in [1.807, 2.05) is 0 Å². The summed E-state index contributed by atoms with van der Waals surface area (Å²) in [7, 11) is 4.46. The molecule has 0 spiro atoms. The van der Waals surface area contributed by atoms with E-state index < -0.39 is 144 Å². The molecular weight excluding hydrogens is 1130 g/mol. The van der Waals surface area contributed by atoms with Crippen LogP contribution in [0.5, 0.6) is 0 Å².